The molecule has 0 saturated carbocycles. The summed E-state index contributed by atoms with van der Waals surface area (Å²) in [5.74, 6) is 1.10. The van der Waals surface area contributed by atoms with Crippen molar-refractivity contribution in [2.24, 2.45) is 0 Å². The summed E-state index contributed by atoms with van der Waals surface area (Å²) in [4.78, 5) is 0. The molecule has 2 aromatic rings. The molecule has 1 unspecified atom stereocenters. The predicted octanol–water partition coefficient (Wildman–Crippen LogP) is 5.08. The fourth-order valence-corrected chi connectivity index (χ4v) is 8.34. The number of hydrogen-bond acceptors (Lipinski definition) is 2. The number of aryl methyl sites for hydroxylation is 1. The number of benzene rings is 2. The molecule has 1 aliphatic rings. The average Bonchev–Trinajstić information content (AvgIpc) is 2.73. The molecule has 1 fully saturated rings. The van der Waals surface area contributed by atoms with Gasteiger partial charge in [0.15, 0.2) is 0 Å². The first kappa shape index (κ1) is 21.7. The number of ether oxygens (including phenoxy) is 2. The van der Waals surface area contributed by atoms with Crippen LogP contribution < -0.4 is 14.2 Å². The van der Waals surface area contributed by atoms with Crippen molar-refractivity contribution in [3.63, 3.8) is 0 Å². The van der Waals surface area contributed by atoms with Gasteiger partial charge in [-0.25, -0.2) is 0 Å². The first-order valence-corrected chi connectivity index (χ1v) is 13.7. The van der Waals surface area contributed by atoms with Crippen LogP contribution in [0.3, 0.4) is 0 Å². The molecule has 0 N–H and O–H groups in total. The fourth-order valence-electron chi connectivity index (χ4n) is 4.58. The summed E-state index contributed by atoms with van der Waals surface area (Å²) in [6, 6.07) is 17.3. The van der Waals surface area contributed by atoms with Crippen LogP contribution in [0.5, 0.6) is 5.75 Å². The minimum absolute atomic E-state index is 0.115. The van der Waals surface area contributed by atoms with E-state index >= 15 is 0 Å². The number of para-hydroxylation sites is 1. The van der Waals surface area contributed by atoms with Gasteiger partial charge in [0.2, 0.25) is 0 Å². The molecule has 1 aliphatic heterocycles. The Bertz CT molecular complexity index is 787. The molecule has 146 valence electrons. The zero-order chi connectivity index (χ0) is 20.1. The Kier molecular flexibility index (Phi) is 7.51. The standard InChI is InChI=1S/C24H33O2Si.Li/c1-5-27(6-2,7-3)22-15-11-14-21(20-13-10-12-19(4)18-20)24(22)26-23-16-8-9-17-25-23;/h10-12,14-15,18,23H,5-9,16-17H2,1-4H3;. The molecule has 3 rings (SSSR count). The maximum absolute atomic E-state index is 6.69. The molecule has 28 heavy (non-hydrogen) atoms. The van der Waals surface area contributed by atoms with E-state index in [0.29, 0.717) is 0 Å². The molecule has 1 heterocycles. The van der Waals surface area contributed by atoms with Gasteiger partial charge in [0, 0.05) is 0 Å². The van der Waals surface area contributed by atoms with E-state index in [2.05, 4.69) is 81.8 Å². The summed E-state index contributed by atoms with van der Waals surface area (Å²) in [6.45, 7) is 10.1. The molecule has 4 heteroatoms. The minimum atomic E-state index is -1.60. The van der Waals surface area contributed by atoms with E-state index in [4.69, 9.17) is 9.47 Å². The van der Waals surface area contributed by atoms with Gasteiger partial charge in [0.05, 0.1) is 0 Å². The molecule has 1 saturated heterocycles. The van der Waals surface area contributed by atoms with E-state index in [0.717, 1.165) is 25.2 Å². The molecule has 0 spiro atoms. The van der Waals surface area contributed by atoms with Gasteiger partial charge >= 0.3 is 182 Å². The number of rotatable bonds is 7. The van der Waals surface area contributed by atoms with Crippen molar-refractivity contribution in [2.45, 2.75) is 71.4 Å². The Morgan fingerprint density at radius 2 is 1.79 bits per heavy atom. The molecule has 0 amide bonds. The molecule has 2 aromatic carbocycles. The van der Waals surface area contributed by atoms with Gasteiger partial charge in [0.25, 0.3) is 0 Å². The third-order valence-corrected chi connectivity index (χ3v) is 12.3. The predicted molar refractivity (Wildman–Crippen MR) is 123 cm³/mol. The van der Waals surface area contributed by atoms with E-state index in [1.165, 1.54) is 50.7 Å². The summed E-state index contributed by atoms with van der Waals surface area (Å²) in [5.41, 5.74) is 3.81. The van der Waals surface area contributed by atoms with Crippen LogP contribution in [-0.4, -0.2) is 38.7 Å². The average molecular weight is 389 g/mol. The first-order valence-electron chi connectivity index (χ1n) is 11.0. The second kappa shape index (κ2) is 9.68. The molecule has 0 aliphatic carbocycles. The Hall–Kier alpha value is -0.986. The monoisotopic (exact) mass is 388 g/mol. The van der Waals surface area contributed by atoms with Crippen LogP contribution in [0.1, 0.15) is 45.6 Å². The summed E-state index contributed by atoms with van der Waals surface area (Å²) >= 11 is 2.20. The van der Waals surface area contributed by atoms with Crippen LogP contribution in [-0.2, 0) is 4.74 Å². The summed E-state index contributed by atoms with van der Waals surface area (Å²) in [7, 11) is -1.60. The summed E-state index contributed by atoms with van der Waals surface area (Å²) in [6.07, 6.45) is 3.20. The van der Waals surface area contributed by atoms with Gasteiger partial charge in [-0.2, -0.15) is 0 Å². The topological polar surface area (TPSA) is 18.5 Å². The van der Waals surface area contributed by atoms with Crippen LogP contribution in [0.25, 0.3) is 11.1 Å². The third kappa shape index (κ3) is 4.44. The molecule has 0 radical (unpaired) electrons. The van der Waals surface area contributed by atoms with E-state index < -0.39 is 8.07 Å². The second-order valence-electron chi connectivity index (χ2n) is 8.26. The van der Waals surface area contributed by atoms with E-state index in [1.54, 1.807) is 0 Å². The van der Waals surface area contributed by atoms with Crippen molar-refractivity contribution in [3.8, 4) is 16.9 Å². The van der Waals surface area contributed by atoms with Crippen molar-refractivity contribution in [3.05, 3.63) is 42.0 Å². The van der Waals surface area contributed by atoms with Gasteiger partial charge < -0.3 is 0 Å². The van der Waals surface area contributed by atoms with Crippen LogP contribution in [0.15, 0.2) is 36.4 Å². The summed E-state index contributed by atoms with van der Waals surface area (Å²) in [5, 5.41) is 1.48. The molecule has 1 atom stereocenters. The van der Waals surface area contributed by atoms with Crippen LogP contribution in [0, 0.1) is 6.92 Å². The van der Waals surface area contributed by atoms with Gasteiger partial charge in [-0.15, -0.1) is 0 Å². The van der Waals surface area contributed by atoms with Crippen LogP contribution in [0.2, 0.25) is 18.1 Å². The third-order valence-electron chi connectivity index (χ3n) is 6.69. The van der Waals surface area contributed by atoms with Crippen molar-refractivity contribution < 1.29 is 9.47 Å². The van der Waals surface area contributed by atoms with Crippen molar-refractivity contribution in [2.75, 3.05) is 6.61 Å². The van der Waals surface area contributed by atoms with Gasteiger partial charge in [-0.1, -0.05) is 0 Å². The van der Waals surface area contributed by atoms with Gasteiger partial charge in [0.1, 0.15) is 0 Å². The molecule has 0 bridgehead atoms. The normalized spacial score (nSPS) is 17.6. The quantitative estimate of drug-likeness (QED) is 0.616. The van der Waals surface area contributed by atoms with E-state index in [-0.39, 0.29) is 6.29 Å². The maximum atomic E-state index is 6.69. The number of hydrogen-bond donors (Lipinski definition) is 0. The van der Waals surface area contributed by atoms with Crippen molar-refractivity contribution >= 4 is 35.2 Å². The van der Waals surface area contributed by atoms with Crippen molar-refractivity contribution in [1.29, 1.82) is 0 Å². The van der Waals surface area contributed by atoms with Crippen LogP contribution in [0.4, 0.5) is 0 Å². The second-order valence-corrected chi connectivity index (χ2v) is 13.5. The van der Waals surface area contributed by atoms with Crippen LogP contribution >= 0.6 is 0 Å². The van der Waals surface area contributed by atoms with Crippen molar-refractivity contribution in [1.82, 2.24) is 0 Å². The molecular weight excluding hydrogens is 355 g/mol. The zero-order valence-corrected chi connectivity index (χ0v) is 19.3. The molecular formula is C24H33LiO2Si. The Labute approximate surface area is 181 Å². The van der Waals surface area contributed by atoms with E-state index in [9.17, 15) is 0 Å². The van der Waals surface area contributed by atoms with Gasteiger partial charge in [-0.3, -0.25) is 0 Å². The Morgan fingerprint density at radius 3 is 2.43 bits per heavy atom. The SMILES string of the molecule is [Li][c]1ccc(C)cc1-c1cccc([Si](CC)(CC)CC)c1OC1CCCCO1. The first-order chi connectivity index (χ1) is 13.5. The fraction of sp³-hybridized carbons (Fsp3) is 0.500. The zero-order valence-electron chi connectivity index (χ0n) is 18.3. The molecule has 0 aromatic heterocycles. The molecule has 2 nitrogen and oxygen atoms in total. The summed E-state index contributed by atoms with van der Waals surface area (Å²) < 4.78 is 14.0. The van der Waals surface area contributed by atoms with Gasteiger partial charge in [-0.05, 0) is 0 Å². The Morgan fingerprint density at radius 1 is 1.04 bits per heavy atom. The van der Waals surface area contributed by atoms with E-state index in [1.807, 2.05) is 0 Å². The Balaban J connectivity index is 2.18.